The van der Waals surface area contributed by atoms with Crippen molar-refractivity contribution >= 4 is 11.9 Å². The topological polar surface area (TPSA) is 110 Å². The van der Waals surface area contributed by atoms with Crippen LogP contribution in [0.1, 0.15) is 12.5 Å². The second-order valence-corrected chi connectivity index (χ2v) is 3.89. The molecule has 0 aliphatic carbocycles. The number of carboxylic acid groups (broad SMARTS) is 2. The third-order valence-electron chi connectivity index (χ3n) is 2.36. The van der Waals surface area contributed by atoms with Crippen LogP contribution in [0.2, 0.25) is 0 Å². The monoisotopic (exact) mass is 253 g/mol. The van der Waals surface area contributed by atoms with E-state index in [9.17, 15) is 9.59 Å². The molecule has 0 aliphatic heterocycles. The lowest BCUT2D eigenvalue weighted by molar-refractivity contribution is -0.144. The zero-order valence-electron chi connectivity index (χ0n) is 9.87. The van der Waals surface area contributed by atoms with Crippen molar-refractivity contribution in [2.45, 2.75) is 25.5 Å². The van der Waals surface area contributed by atoms with Crippen LogP contribution in [-0.2, 0) is 16.0 Å². The largest absolute Gasteiger partial charge is 0.480 e. The van der Waals surface area contributed by atoms with E-state index in [1.54, 1.807) is 24.3 Å². The Labute approximate surface area is 104 Å². The first kappa shape index (κ1) is 14.0. The second kappa shape index (κ2) is 6.02. The first-order chi connectivity index (χ1) is 8.40. The molecule has 0 saturated heterocycles. The molecule has 6 nitrogen and oxygen atoms in total. The number of nitrogens with two attached hydrogens (primary N) is 1. The van der Waals surface area contributed by atoms with Crippen LogP contribution in [0.15, 0.2) is 24.3 Å². The molecule has 6 heteroatoms. The molecule has 4 N–H and O–H groups in total. The van der Waals surface area contributed by atoms with E-state index in [-0.39, 0.29) is 6.42 Å². The maximum atomic E-state index is 10.6. The number of hydrogen-bond donors (Lipinski definition) is 3. The minimum atomic E-state index is -1.06. The molecule has 0 aliphatic rings. The Balaban J connectivity index is 2.63. The lowest BCUT2D eigenvalue weighted by Crippen LogP contribution is -2.32. The van der Waals surface area contributed by atoms with Gasteiger partial charge in [-0.15, -0.1) is 0 Å². The van der Waals surface area contributed by atoms with Crippen LogP contribution < -0.4 is 10.5 Å². The molecule has 18 heavy (non-hydrogen) atoms. The van der Waals surface area contributed by atoms with Gasteiger partial charge < -0.3 is 20.7 Å². The molecular weight excluding hydrogens is 238 g/mol. The Morgan fingerprint density at radius 2 is 1.78 bits per heavy atom. The van der Waals surface area contributed by atoms with Crippen LogP contribution in [0, 0.1) is 0 Å². The van der Waals surface area contributed by atoms with Gasteiger partial charge in [-0.25, -0.2) is 4.79 Å². The van der Waals surface area contributed by atoms with Gasteiger partial charge in [0, 0.05) is 0 Å². The molecule has 0 amide bonds. The van der Waals surface area contributed by atoms with Crippen molar-refractivity contribution in [1.82, 2.24) is 0 Å². The number of benzene rings is 1. The third-order valence-corrected chi connectivity index (χ3v) is 2.36. The number of rotatable bonds is 6. The van der Waals surface area contributed by atoms with E-state index >= 15 is 0 Å². The fourth-order valence-corrected chi connectivity index (χ4v) is 1.30. The molecule has 0 aromatic heterocycles. The van der Waals surface area contributed by atoms with Crippen molar-refractivity contribution in [1.29, 1.82) is 0 Å². The van der Waals surface area contributed by atoms with E-state index in [2.05, 4.69) is 0 Å². The Morgan fingerprint density at radius 1 is 1.22 bits per heavy atom. The van der Waals surface area contributed by atoms with Crippen LogP contribution in [0.5, 0.6) is 5.75 Å². The SMILES string of the molecule is C[C@H](Oc1ccc(C[C@H](N)C(=O)O)cc1)C(=O)O. The van der Waals surface area contributed by atoms with Crippen LogP contribution in [-0.4, -0.2) is 34.3 Å². The smallest absolute Gasteiger partial charge is 0.344 e. The predicted octanol–water partition coefficient (Wildman–Crippen LogP) is 0.493. The average Bonchev–Trinajstić information content (AvgIpc) is 2.31. The lowest BCUT2D eigenvalue weighted by Gasteiger charge is -2.11. The van der Waals surface area contributed by atoms with Crippen molar-refractivity contribution in [2.75, 3.05) is 0 Å². The van der Waals surface area contributed by atoms with Gasteiger partial charge in [-0.3, -0.25) is 4.79 Å². The Hall–Kier alpha value is -2.08. The van der Waals surface area contributed by atoms with Gasteiger partial charge in [0.15, 0.2) is 6.10 Å². The van der Waals surface area contributed by atoms with Gasteiger partial charge in [-0.2, -0.15) is 0 Å². The summed E-state index contributed by atoms with van der Waals surface area (Å²) >= 11 is 0. The first-order valence-corrected chi connectivity index (χ1v) is 5.37. The molecule has 0 fully saturated rings. The molecule has 1 aromatic rings. The van der Waals surface area contributed by atoms with Gasteiger partial charge in [0.25, 0.3) is 0 Å². The van der Waals surface area contributed by atoms with E-state index in [4.69, 9.17) is 20.7 Å². The van der Waals surface area contributed by atoms with Crippen molar-refractivity contribution < 1.29 is 24.5 Å². The van der Waals surface area contributed by atoms with Gasteiger partial charge in [0.2, 0.25) is 0 Å². The average molecular weight is 253 g/mol. The summed E-state index contributed by atoms with van der Waals surface area (Å²) in [5, 5.41) is 17.3. The number of ether oxygens (including phenoxy) is 1. The molecule has 98 valence electrons. The summed E-state index contributed by atoms with van der Waals surface area (Å²) in [4.78, 5) is 21.2. The summed E-state index contributed by atoms with van der Waals surface area (Å²) in [7, 11) is 0. The van der Waals surface area contributed by atoms with Crippen LogP contribution in [0.25, 0.3) is 0 Å². The third kappa shape index (κ3) is 4.06. The highest BCUT2D eigenvalue weighted by Crippen LogP contribution is 2.14. The Kier molecular flexibility index (Phi) is 4.67. The van der Waals surface area contributed by atoms with Crippen LogP contribution >= 0.6 is 0 Å². The van der Waals surface area contributed by atoms with Gasteiger partial charge in [0.05, 0.1) is 0 Å². The number of aliphatic carboxylic acids is 2. The normalized spacial score (nSPS) is 13.7. The minimum Gasteiger partial charge on any atom is -0.480 e. The van der Waals surface area contributed by atoms with Crippen molar-refractivity contribution in [3.63, 3.8) is 0 Å². The maximum Gasteiger partial charge on any atom is 0.344 e. The summed E-state index contributed by atoms with van der Waals surface area (Å²) in [6.07, 6.45) is -0.721. The fourth-order valence-electron chi connectivity index (χ4n) is 1.30. The molecule has 0 radical (unpaired) electrons. The van der Waals surface area contributed by atoms with E-state index in [1.807, 2.05) is 0 Å². The summed E-state index contributed by atoms with van der Waals surface area (Å²) in [6.45, 7) is 1.43. The van der Waals surface area contributed by atoms with E-state index in [1.165, 1.54) is 6.92 Å². The Bertz CT molecular complexity index is 388. The minimum absolute atomic E-state index is 0.212. The maximum absolute atomic E-state index is 10.6. The molecule has 0 spiro atoms. The van der Waals surface area contributed by atoms with Crippen LogP contribution in [0.4, 0.5) is 0 Å². The summed E-state index contributed by atoms with van der Waals surface area (Å²) < 4.78 is 5.14. The number of carboxylic acids is 2. The van der Waals surface area contributed by atoms with Crippen molar-refractivity contribution in [3.8, 4) is 5.75 Å². The highest BCUT2D eigenvalue weighted by Gasteiger charge is 2.14. The van der Waals surface area contributed by atoms with E-state index < -0.39 is 24.1 Å². The zero-order chi connectivity index (χ0) is 13.7. The first-order valence-electron chi connectivity index (χ1n) is 5.37. The van der Waals surface area contributed by atoms with E-state index in [0.717, 1.165) is 5.56 Å². The Morgan fingerprint density at radius 3 is 2.22 bits per heavy atom. The van der Waals surface area contributed by atoms with Gasteiger partial charge >= 0.3 is 11.9 Å². The summed E-state index contributed by atoms with van der Waals surface area (Å²) in [5.41, 5.74) is 6.15. The standard InChI is InChI=1S/C12H15NO5/c1-7(11(14)15)18-9-4-2-8(3-5-9)6-10(13)12(16)17/h2-5,7,10H,6,13H2,1H3,(H,14,15)(H,16,17)/t7-,10-/m0/s1. The lowest BCUT2D eigenvalue weighted by atomic mass is 10.1. The highest BCUT2D eigenvalue weighted by atomic mass is 16.5. The second-order valence-electron chi connectivity index (χ2n) is 3.89. The molecule has 2 atom stereocenters. The fraction of sp³-hybridized carbons (Fsp3) is 0.333. The van der Waals surface area contributed by atoms with Gasteiger partial charge in [-0.1, -0.05) is 12.1 Å². The summed E-state index contributed by atoms with van der Waals surface area (Å²) in [5.74, 6) is -1.70. The molecule has 1 aromatic carbocycles. The van der Waals surface area contributed by atoms with Gasteiger partial charge in [0.1, 0.15) is 11.8 Å². The quantitative estimate of drug-likeness (QED) is 0.680. The van der Waals surface area contributed by atoms with Gasteiger partial charge in [-0.05, 0) is 31.0 Å². The highest BCUT2D eigenvalue weighted by molar-refractivity contribution is 5.73. The predicted molar refractivity (Wildman–Crippen MR) is 63.5 cm³/mol. The number of carbonyl (C=O) groups is 2. The van der Waals surface area contributed by atoms with Crippen molar-refractivity contribution in [2.24, 2.45) is 5.73 Å². The van der Waals surface area contributed by atoms with Crippen molar-refractivity contribution in [3.05, 3.63) is 29.8 Å². The molecule has 0 bridgehead atoms. The number of hydrogen-bond acceptors (Lipinski definition) is 4. The molecule has 0 unspecified atom stereocenters. The van der Waals surface area contributed by atoms with E-state index in [0.29, 0.717) is 5.75 Å². The molecule has 0 saturated carbocycles. The molecular formula is C12H15NO5. The summed E-state index contributed by atoms with van der Waals surface area (Å²) in [6, 6.07) is 5.54. The zero-order valence-corrected chi connectivity index (χ0v) is 9.87. The van der Waals surface area contributed by atoms with Crippen LogP contribution in [0.3, 0.4) is 0 Å². The molecule has 0 heterocycles. The molecule has 1 rings (SSSR count).